The number of alkyl halides is 3. The van der Waals surface area contributed by atoms with Gasteiger partial charge in [-0.3, -0.25) is 4.79 Å². The van der Waals surface area contributed by atoms with E-state index >= 15 is 0 Å². The third kappa shape index (κ3) is 4.89. The number of aliphatic hydroxyl groups is 1. The predicted octanol–water partition coefficient (Wildman–Crippen LogP) is 2.08. The van der Waals surface area contributed by atoms with Crippen LogP contribution in [0.1, 0.15) is 17.5 Å². The Morgan fingerprint density at radius 2 is 2.04 bits per heavy atom. The number of amides is 1. The number of aliphatic hydroxyl groups excluding tert-OH is 1. The Labute approximate surface area is 159 Å². The molecule has 2 N–H and O–H groups in total. The smallest absolute Gasteiger partial charge is 0.420 e. The van der Waals surface area contributed by atoms with Crippen molar-refractivity contribution in [2.24, 2.45) is 0 Å². The van der Waals surface area contributed by atoms with E-state index in [1.165, 1.54) is 4.90 Å². The fourth-order valence-electron chi connectivity index (χ4n) is 2.89. The van der Waals surface area contributed by atoms with E-state index in [9.17, 15) is 18.0 Å². The summed E-state index contributed by atoms with van der Waals surface area (Å²) in [5, 5.41) is 18.8. The first kappa shape index (κ1) is 19.9. The number of benzene rings is 1. The molecule has 10 heteroatoms. The summed E-state index contributed by atoms with van der Waals surface area (Å²) in [5.74, 6) is -0.103. The molecule has 1 aromatic heterocycles. The minimum atomic E-state index is -4.54. The van der Waals surface area contributed by atoms with Crippen LogP contribution in [0.3, 0.4) is 0 Å². The molecule has 1 amide bonds. The molecular weight excluding hydrogens is 377 g/mol. The van der Waals surface area contributed by atoms with E-state index in [1.807, 2.05) is 0 Å². The van der Waals surface area contributed by atoms with Crippen LogP contribution in [0.2, 0.25) is 0 Å². The number of nitrogens with one attached hydrogen (secondary N) is 1. The van der Waals surface area contributed by atoms with Crippen molar-refractivity contribution in [3.8, 4) is 5.75 Å². The molecular formula is C18H19F3N4O3. The zero-order valence-electron chi connectivity index (χ0n) is 14.8. The Balaban J connectivity index is 1.53. The van der Waals surface area contributed by atoms with Crippen molar-refractivity contribution in [3.63, 3.8) is 0 Å². The number of aromatic nitrogens is 2. The molecule has 0 aliphatic carbocycles. The maximum atomic E-state index is 13.0. The summed E-state index contributed by atoms with van der Waals surface area (Å²) in [7, 11) is 0. The van der Waals surface area contributed by atoms with E-state index in [4.69, 9.17) is 9.84 Å². The number of hydrogen-bond acceptors (Lipinski definition) is 6. The van der Waals surface area contributed by atoms with Crippen molar-refractivity contribution < 1.29 is 27.8 Å². The summed E-state index contributed by atoms with van der Waals surface area (Å²) in [4.78, 5) is 13.8. The Kier molecular flexibility index (Phi) is 5.98. The van der Waals surface area contributed by atoms with Crippen molar-refractivity contribution in [3.05, 3.63) is 47.7 Å². The first-order valence-corrected chi connectivity index (χ1v) is 8.62. The lowest BCUT2D eigenvalue weighted by atomic mass is 10.2. The molecule has 3 rings (SSSR count). The number of anilines is 1. The number of likely N-dealkylation sites (tertiary alicyclic amines) is 1. The fourth-order valence-corrected chi connectivity index (χ4v) is 2.89. The highest BCUT2D eigenvalue weighted by atomic mass is 19.4. The van der Waals surface area contributed by atoms with Crippen molar-refractivity contribution in [1.82, 2.24) is 15.1 Å². The van der Waals surface area contributed by atoms with Gasteiger partial charge < -0.3 is 20.1 Å². The Morgan fingerprint density at radius 3 is 2.71 bits per heavy atom. The summed E-state index contributed by atoms with van der Waals surface area (Å²) in [6.07, 6.45) is -3.06. The van der Waals surface area contributed by atoms with Gasteiger partial charge in [0.25, 0.3) is 5.91 Å². The summed E-state index contributed by atoms with van der Waals surface area (Å²) in [5.41, 5.74) is -0.156. The van der Waals surface area contributed by atoms with Crippen LogP contribution in [0.15, 0.2) is 36.5 Å². The van der Waals surface area contributed by atoms with Gasteiger partial charge in [0.15, 0.2) is 12.4 Å². The van der Waals surface area contributed by atoms with Crippen LogP contribution < -0.4 is 10.1 Å². The number of rotatable bonds is 6. The summed E-state index contributed by atoms with van der Waals surface area (Å²) < 4.78 is 44.5. The highest BCUT2D eigenvalue weighted by Gasteiger charge is 2.36. The second kappa shape index (κ2) is 8.42. The van der Waals surface area contributed by atoms with Crippen LogP contribution in [0, 0.1) is 0 Å². The minimum Gasteiger partial charge on any atom is -0.484 e. The molecule has 150 valence electrons. The second-order valence-electron chi connectivity index (χ2n) is 6.35. The Hall–Kier alpha value is -2.88. The summed E-state index contributed by atoms with van der Waals surface area (Å²) >= 11 is 0. The van der Waals surface area contributed by atoms with Crippen molar-refractivity contribution in [2.75, 3.05) is 25.0 Å². The molecule has 1 fully saturated rings. The monoisotopic (exact) mass is 396 g/mol. The molecule has 0 spiro atoms. The lowest BCUT2D eigenvalue weighted by Crippen LogP contribution is -2.35. The molecule has 1 unspecified atom stereocenters. The zero-order chi connectivity index (χ0) is 20.1. The van der Waals surface area contributed by atoms with Gasteiger partial charge in [0.2, 0.25) is 0 Å². The lowest BCUT2D eigenvalue weighted by Gasteiger charge is -2.19. The van der Waals surface area contributed by atoms with Crippen molar-refractivity contribution >= 4 is 11.7 Å². The second-order valence-corrected chi connectivity index (χ2v) is 6.35. The van der Waals surface area contributed by atoms with E-state index in [0.717, 1.165) is 17.8 Å². The maximum Gasteiger partial charge on any atom is 0.420 e. The minimum absolute atomic E-state index is 0.0801. The number of carbonyl (C=O) groups excluding carboxylic acids is 1. The molecule has 2 aromatic rings. The van der Waals surface area contributed by atoms with E-state index in [1.54, 1.807) is 24.3 Å². The average molecular weight is 396 g/mol. The van der Waals surface area contributed by atoms with Gasteiger partial charge in [-0.2, -0.15) is 18.3 Å². The van der Waals surface area contributed by atoms with Gasteiger partial charge in [0.05, 0.1) is 12.8 Å². The standard InChI is InChI=1S/C18H19F3N4O3/c19-18(20,21)15-5-7-22-24-17(15)23-13-6-8-25(9-13)16(27)11-28-14-3-1-12(10-26)2-4-14/h1-5,7,13,26H,6,8-11H2,(H,23,24). The topological polar surface area (TPSA) is 87.6 Å². The quantitative estimate of drug-likeness (QED) is 0.778. The SMILES string of the molecule is O=C(COc1ccc(CO)cc1)N1CCC(Nc2nnccc2C(F)(F)F)C1. The van der Waals surface area contributed by atoms with Gasteiger partial charge in [-0.15, -0.1) is 5.10 Å². The normalized spacial score (nSPS) is 16.9. The molecule has 0 bridgehead atoms. The molecule has 1 aliphatic heterocycles. The van der Waals surface area contributed by atoms with Gasteiger partial charge >= 0.3 is 6.18 Å². The number of halogens is 3. The lowest BCUT2D eigenvalue weighted by molar-refractivity contribution is -0.137. The van der Waals surface area contributed by atoms with Crippen LogP contribution in [-0.4, -0.2) is 51.8 Å². The van der Waals surface area contributed by atoms with E-state index < -0.39 is 11.7 Å². The average Bonchev–Trinajstić information content (AvgIpc) is 3.14. The van der Waals surface area contributed by atoms with Crippen LogP contribution in [0.5, 0.6) is 5.75 Å². The molecule has 28 heavy (non-hydrogen) atoms. The van der Waals surface area contributed by atoms with Crippen molar-refractivity contribution in [2.45, 2.75) is 25.2 Å². The van der Waals surface area contributed by atoms with Crippen LogP contribution >= 0.6 is 0 Å². The fraction of sp³-hybridized carbons (Fsp3) is 0.389. The molecule has 1 aromatic carbocycles. The number of nitrogens with zero attached hydrogens (tertiary/aromatic N) is 3. The third-order valence-electron chi connectivity index (χ3n) is 4.38. The van der Waals surface area contributed by atoms with Crippen LogP contribution in [-0.2, 0) is 17.6 Å². The first-order valence-electron chi connectivity index (χ1n) is 8.62. The van der Waals surface area contributed by atoms with Gasteiger partial charge in [0.1, 0.15) is 11.3 Å². The summed E-state index contributed by atoms with van der Waals surface area (Å²) in [6, 6.07) is 7.19. The van der Waals surface area contributed by atoms with E-state index in [0.29, 0.717) is 18.7 Å². The molecule has 0 radical (unpaired) electrons. The van der Waals surface area contributed by atoms with Gasteiger partial charge in [-0.25, -0.2) is 0 Å². The zero-order valence-corrected chi connectivity index (χ0v) is 14.8. The highest BCUT2D eigenvalue weighted by Crippen LogP contribution is 2.33. The first-order chi connectivity index (χ1) is 13.4. The number of ether oxygens (including phenoxy) is 1. The molecule has 7 nitrogen and oxygen atoms in total. The van der Waals surface area contributed by atoms with Gasteiger partial charge in [0, 0.05) is 19.1 Å². The third-order valence-corrected chi connectivity index (χ3v) is 4.38. The van der Waals surface area contributed by atoms with Gasteiger partial charge in [-0.1, -0.05) is 12.1 Å². The van der Waals surface area contributed by atoms with Gasteiger partial charge in [-0.05, 0) is 30.2 Å². The van der Waals surface area contributed by atoms with E-state index in [2.05, 4.69) is 15.5 Å². The largest absolute Gasteiger partial charge is 0.484 e. The summed E-state index contributed by atoms with van der Waals surface area (Å²) in [6.45, 7) is 0.401. The molecule has 1 saturated heterocycles. The molecule has 1 aliphatic rings. The van der Waals surface area contributed by atoms with Crippen LogP contribution in [0.4, 0.5) is 19.0 Å². The Bertz CT molecular complexity index is 814. The molecule has 0 saturated carbocycles. The van der Waals surface area contributed by atoms with Crippen LogP contribution in [0.25, 0.3) is 0 Å². The van der Waals surface area contributed by atoms with E-state index in [-0.39, 0.29) is 37.5 Å². The molecule has 2 heterocycles. The predicted molar refractivity (Wildman–Crippen MR) is 93.5 cm³/mol. The number of carbonyl (C=O) groups is 1. The Morgan fingerprint density at radius 1 is 1.29 bits per heavy atom. The maximum absolute atomic E-state index is 13.0. The molecule has 1 atom stereocenters. The van der Waals surface area contributed by atoms with Crippen molar-refractivity contribution in [1.29, 1.82) is 0 Å². The number of hydrogen-bond donors (Lipinski definition) is 2. The highest BCUT2D eigenvalue weighted by molar-refractivity contribution is 5.78.